The lowest BCUT2D eigenvalue weighted by atomic mass is 10.1. The molecule has 3 heteroatoms. The lowest BCUT2D eigenvalue weighted by Gasteiger charge is -2.14. The SMILES string of the molecule is Cc1nc(C2(C)CC2)nc(C)c1CNC1CC1. The first-order valence-corrected chi connectivity index (χ1v) is 6.66. The molecule has 2 aliphatic rings. The van der Waals surface area contributed by atoms with Crippen LogP contribution in [-0.2, 0) is 12.0 Å². The summed E-state index contributed by atoms with van der Waals surface area (Å²) in [5.74, 6) is 1.06. The number of hydrogen-bond acceptors (Lipinski definition) is 3. The van der Waals surface area contributed by atoms with Crippen LogP contribution in [-0.4, -0.2) is 16.0 Å². The van der Waals surface area contributed by atoms with Crippen LogP contribution >= 0.6 is 0 Å². The quantitative estimate of drug-likeness (QED) is 0.864. The molecule has 0 amide bonds. The van der Waals surface area contributed by atoms with E-state index in [1.54, 1.807) is 0 Å². The molecule has 0 atom stereocenters. The Hall–Kier alpha value is -0.960. The highest BCUT2D eigenvalue weighted by Gasteiger charge is 2.42. The second-order valence-electron chi connectivity index (χ2n) is 5.91. The number of aromatic nitrogens is 2. The number of rotatable bonds is 4. The van der Waals surface area contributed by atoms with Crippen molar-refractivity contribution in [2.75, 3.05) is 0 Å². The summed E-state index contributed by atoms with van der Waals surface area (Å²) in [5.41, 5.74) is 3.89. The van der Waals surface area contributed by atoms with E-state index in [4.69, 9.17) is 9.97 Å². The zero-order valence-electron chi connectivity index (χ0n) is 11.0. The zero-order chi connectivity index (χ0) is 12.0. The fourth-order valence-corrected chi connectivity index (χ4v) is 2.21. The van der Waals surface area contributed by atoms with E-state index in [0.717, 1.165) is 29.8 Å². The molecule has 0 unspecified atom stereocenters. The lowest BCUT2D eigenvalue weighted by molar-refractivity contribution is 0.653. The van der Waals surface area contributed by atoms with E-state index < -0.39 is 0 Å². The number of hydrogen-bond donors (Lipinski definition) is 1. The molecule has 3 nitrogen and oxygen atoms in total. The highest BCUT2D eigenvalue weighted by Crippen LogP contribution is 2.46. The Labute approximate surface area is 103 Å². The van der Waals surface area contributed by atoms with E-state index in [-0.39, 0.29) is 5.41 Å². The minimum atomic E-state index is 0.276. The number of nitrogens with one attached hydrogen (secondary N) is 1. The Balaban J connectivity index is 1.83. The van der Waals surface area contributed by atoms with Crippen LogP contribution < -0.4 is 5.32 Å². The van der Waals surface area contributed by atoms with Gasteiger partial charge in [-0.3, -0.25) is 0 Å². The maximum absolute atomic E-state index is 4.71. The maximum atomic E-state index is 4.71. The summed E-state index contributed by atoms with van der Waals surface area (Å²) in [7, 11) is 0. The van der Waals surface area contributed by atoms with Crippen molar-refractivity contribution >= 4 is 0 Å². The van der Waals surface area contributed by atoms with Gasteiger partial charge in [0.25, 0.3) is 0 Å². The van der Waals surface area contributed by atoms with Gasteiger partial charge >= 0.3 is 0 Å². The average molecular weight is 231 g/mol. The Morgan fingerprint density at radius 2 is 1.76 bits per heavy atom. The molecule has 0 saturated heterocycles. The van der Waals surface area contributed by atoms with E-state index in [1.165, 1.54) is 31.2 Å². The highest BCUT2D eigenvalue weighted by molar-refractivity contribution is 5.28. The molecule has 1 aromatic rings. The first kappa shape index (κ1) is 11.1. The molecular weight excluding hydrogens is 210 g/mol. The van der Waals surface area contributed by atoms with Gasteiger partial charge in [0.1, 0.15) is 5.82 Å². The smallest absolute Gasteiger partial charge is 0.134 e. The molecule has 0 aliphatic heterocycles. The Bertz CT molecular complexity index is 422. The van der Waals surface area contributed by atoms with Crippen LogP contribution in [0.4, 0.5) is 0 Å². The molecule has 17 heavy (non-hydrogen) atoms. The molecule has 3 rings (SSSR count). The van der Waals surface area contributed by atoms with Gasteiger partial charge in [0.15, 0.2) is 0 Å². The van der Waals surface area contributed by atoms with Crippen molar-refractivity contribution in [2.24, 2.45) is 0 Å². The summed E-state index contributed by atoms with van der Waals surface area (Å²) in [4.78, 5) is 9.43. The molecule has 0 radical (unpaired) electrons. The molecule has 1 heterocycles. The van der Waals surface area contributed by atoms with Crippen molar-refractivity contribution in [3.63, 3.8) is 0 Å². The topological polar surface area (TPSA) is 37.8 Å². The predicted molar refractivity (Wildman–Crippen MR) is 68.0 cm³/mol. The second kappa shape index (κ2) is 3.77. The number of aryl methyl sites for hydroxylation is 2. The van der Waals surface area contributed by atoms with Crippen LogP contribution in [0.3, 0.4) is 0 Å². The third-order valence-electron chi connectivity index (χ3n) is 4.11. The van der Waals surface area contributed by atoms with Crippen LogP contribution in [0.15, 0.2) is 0 Å². The molecule has 1 N–H and O–H groups in total. The normalized spacial score (nSPS) is 21.6. The lowest BCUT2D eigenvalue weighted by Crippen LogP contribution is -2.19. The van der Waals surface area contributed by atoms with Crippen molar-refractivity contribution in [1.82, 2.24) is 15.3 Å². The van der Waals surface area contributed by atoms with Gasteiger partial charge in [0.05, 0.1) is 0 Å². The van der Waals surface area contributed by atoms with Crippen LogP contribution in [0.2, 0.25) is 0 Å². The monoisotopic (exact) mass is 231 g/mol. The number of nitrogens with zero attached hydrogens (tertiary/aromatic N) is 2. The van der Waals surface area contributed by atoms with E-state index in [1.807, 2.05) is 0 Å². The molecule has 0 aromatic carbocycles. The largest absolute Gasteiger partial charge is 0.310 e. The highest BCUT2D eigenvalue weighted by atomic mass is 15.0. The third kappa shape index (κ3) is 2.21. The first-order chi connectivity index (χ1) is 8.08. The van der Waals surface area contributed by atoms with E-state index >= 15 is 0 Å². The van der Waals surface area contributed by atoms with Gasteiger partial charge in [-0.15, -0.1) is 0 Å². The maximum Gasteiger partial charge on any atom is 0.134 e. The molecule has 2 saturated carbocycles. The summed E-state index contributed by atoms with van der Waals surface area (Å²) in [5, 5.41) is 3.55. The first-order valence-electron chi connectivity index (χ1n) is 6.66. The van der Waals surface area contributed by atoms with Gasteiger partial charge < -0.3 is 5.32 Å². The molecule has 1 aromatic heterocycles. The Morgan fingerprint density at radius 1 is 1.18 bits per heavy atom. The zero-order valence-corrected chi connectivity index (χ0v) is 11.0. The van der Waals surface area contributed by atoms with Crippen molar-refractivity contribution in [2.45, 2.75) is 64.5 Å². The van der Waals surface area contributed by atoms with Gasteiger partial charge in [-0.1, -0.05) is 6.92 Å². The van der Waals surface area contributed by atoms with Crippen molar-refractivity contribution in [1.29, 1.82) is 0 Å². The molecular formula is C14H21N3. The molecule has 0 bridgehead atoms. The van der Waals surface area contributed by atoms with Crippen molar-refractivity contribution < 1.29 is 0 Å². The minimum absolute atomic E-state index is 0.276. The summed E-state index contributed by atoms with van der Waals surface area (Å²) in [6.07, 6.45) is 5.14. The van der Waals surface area contributed by atoms with Crippen molar-refractivity contribution in [3.05, 3.63) is 22.8 Å². The molecule has 2 aliphatic carbocycles. The Kier molecular flexibility index (Phi) is 2.47. The van der Waals surface area contributed by atoms with Gasteiger partial charge in [0.2, 0.25) is 0 Å². The van der Waals surface area contributed by atoms with Crippen LogP contribution in [0.1, 0.15) is 55.4 Å². The third-order valence-corrected chi connectivity index (χ3v) is 4.11. The van der Waals surface area contributed by atoms with E-state index in [0.29, 0.717) is 0 Å². The molecule has 92 valence electrons. The fourth-order valence-electron chi connectivity index (χ4n) is 2.21. The minimum Gasteiger partial charge on any atom is -0.310 e. The summed E-state index contributed by atoms with van der Waals surface area (Å²) < 4.78 is 0. The van der Waals surface area contributed by atoms with Gasteiger partial charge in [-0.05, 0) is 39.5 Å². The van der Waals surface area contributed by atoms with Gasteiger partial charge in [-0.2, -0.15) is 0 Å². The fraction of sp³-hybridized carbons (Fsp3) is 0.714. The summed E-state index contributed by atoms with van der Waals surface area (Å²) in [6.45, 7) is 7.43. The van der Waals surface area contributed by atoms with E-state index in [2.05, 4.69) is 26.1 Å². The van der Waals surface area contributed by atoms with Crippen LogP contribution in [0, 0.1) is 13.8 Å². The molecule has 0 spiro atoms. The van der Waals surface area contributed by atoms with Crippen molar-refractivity contribution in [3.8, 4) is 0 Å². The van der Waals surface area contributed by atoms with Crippen LogP contribution in [0.5, 0.6) is 0 Å². The average Bonchev–Trinajstić information content (AvgIpc) is 3.14. The van der Waals surface area contributed by atoms with Crippen LogP contribution in [0.25, 0.3) is 0 Å². The van der Waals surface area contributed by atoms with Gasteiger partial charge in [0, 0.05) is 35.0 Å². The predicted octanol–water partition coefficient (Wildman–Crippen LogP) is 2.40. The Morgan fingerprint density at radius 3 is 2.24 bits per heavy atom. The summed E-state index contributed by atoms with van der Waals surface area (Å²) >= 11 is 0. The second-order valence-corrected chi connectivity index (χ2v) is 5.91. The summed E-state index contributed by atoms with van der Waals surface area (Å²) in [6, 6.07) is 0.745. The molecule has 2 fully saturated rings. The van der Waals surface area contributed by atoms with E-state index in [9.17, 15) is 0 Å². The standard InChI is InChI=1S/C14H21N3/c1-9-12(8-15-11-4-5-11)10(2)17-13(16-9)14(3)6-7-14/h11,15H,4-8H2,1-3H3. The van der Waals surface area contributed by atoms with Gasteiger partial charge in [-0.25, -0.2) is 9.97 Å².